The maximum Gasteiger partial charge on any atom is 0.261 e. The summed E-state index contributed by atoms with van der Waals surface area (Å²) in [7, 11) is -3.67. The molecule has 1 aliphatic heterocycles. The van der Waals surface area contributed by atoms with Gasteiger partial charge >= 0.3 is 0 Å². The van der Waals surface area contributed by atoms with Gasteiger partial charge in [0.05, 0.1) is 18.1 Å². The summed E-state index contributed by atoms with van der Waals surface area (Å²) >= 11 is 6.19. The van der Waals surface area contributed by atoms with Gasteiger partial charge < -0.3 is 19.7 Å². The van der Waals surface area contributed by atoms with Crippen molar-refractivity contribution in [3.63, 3.8) is 0 Å². The Morgan fingerprint density at radius 3 is 2.37 bits per heavy atom. The van der Waals surface area contributed by atoms with Crippen LogP contribution in [-0.2, 0) is 37.4 Å². The Morgan fingerprint density at radius 1 is 1.05 bits per heavy atom. The molecule has 0 bridgehead atoms. The van der Waals surface area contributed by atoms with Crippen molar-refractivity contribution in [3.05, 3.63) is 94.8 Å². The molecule has 3 aromatic carbocycles. The van der Waals surface area contributed by atoms with Crippen molar-refractivity contribution in [3.8, 4) is 5.75 Å². The molecule has 1 fully saturated rings. The average Bonchev–Trinajstić information content (AvgIpc) is 2.99. The standard InChI is InChI=1S/C29H31ClFN3O6S/c1-21(29(36)32-18-23-4-2-3-5-27(23)30)34(19-22-6-8-24(31)9-7-22)28(35)20-40-25-10-12-26(13-11-25)41(37,38)33-14-16-39-17-15-33/h2-13,21H,14-20H2,1H3,(H,32,36). The topological polar surface area (TPSA) is 105 Å². The predicted molar refractivity (Wildman–Crippen MR) is 151 cm³/mol. The van der Waals surface area contributed by atoms with Crippen LogP contribution in [0.25, 0.3) is 0 Å². The van der Waals surface area contributed by atoms with E-state index in [0.717, 1.165) is 5.56 Å². The Morgan fingerprint density at radius 2 is 1.71 bits per heavy atom. The Bertz CT molecular complexity index is 1450. The first-order valence-electron chi connectivity index (χ1n) is 13.0. The lowest BCUT2D eigenvalue weighted by atomic mass is 10.1. The van der Waals surface area contributed by atoms with Gasteiger partial charge in [-0.05, 0) is 60.5 Å². The number of morpholine rings is 1. The molecule has 41 heavy (non-hydrogen) atoms. The van der Waals surface area contributed by atoms with Gasteiger partial charge in [0.25, 0.3) is 5.91 Å². The highest BCUT2D eigenvalue weighted by atomic mass is 35.5. The van der Waals surface area contributed by atoms with Gasteiger partial charge in [-0.1, -0.05) is 41.9 Å². The van der Waals surface area contributed by atoms with Crippen molar-refractivity contribution < 1.29 is 31.9 Å². The number of nitrogens with one attached hydrogen (secondary N) is 1. The normalized spacial score (nSPS) is 14.7. The average molecular weight is 604 g/mol. The number of carbonyl (C=O) groups is 2. The van der Waals surface area contributed by atoms with E-state index < -0.39 is 40.3 Å². The molecule has 12 heteroatoms. The van der Waals surface area contributed by atoms with Crippen molar-refractivity contribution in [2.45, 2.75) is 31.0 Å². The molecule has 0 saturated carbocycles. The van der Waals surface area contributed by atoms with Crippen molar-refractivity contribution in [2.75, 3.05) is 32.9 Å². The molecule has 0 aliphatic carbocycles. The first-order valence-corrected chi connectivity index (χ1v) is 14.8. The van der Waals surface area contributed by atoms with E-state index >= 15 is 0 Å². The molecule has 1 saturated heterocycles. The van der Waals surface area contributed by atoms with Crippen LogP contribution >= 0.6 is 11.6 Å². The number of sulfonamides is 1. The Balaban J connectivity index is 1.42. The van der Waals surface area contributed by atoms with Crippen LogP contribution in [-0.4, -0.2) is 68.4 Å². The molecule has 9 nitrogen and oxygen atoms in total. The molecule has 0 spiro atoms. The van der Waals surface area contributed by atoms with Crippen molar-refractivity contribution in [1.29, 1.82) is 0 Å². The van der Waals surface area contributed by atoms with E-state index in [1.54, 1.807) is 37.3 Å². The van der Waals surface area contributed by atoms with Crippen molar-refractivity contribution >= 4 is 33.4 Å². The fraction of sp³-hybridized carbons (Fsp3) is 0.310. The molecular formula is C29H31ClFN3O6S. The van der Waals surface area contributed by atoms with Crippen molar-refractivity contribution in [1.82, 2.24) is 14.5 Å². The second-order valence-corrected chi connectivity index (χ2v) is 11.8. The molecule has 0 aromatic heterocycles. The van der Waals surface area contributed by atoms with Crippen LogP contribution in [0.1, 0.15) is 18.1 Å². The lowest BCUT2D eigenvalue weighted by Gasteiger charge is -2.29. The molecule has 1 heterocycles. The Kier molecular flexibility index (Phi) is 10.3. The quantitative estimate of drug-likeness (QED) is 0.359. The van der Waals surface area contributed by atoms with E-state index in [0.29, 0.717) is 23.8 Å². The lowest BCUT2D eigenvalue weighted by Crippen LogP contribution is -2.48. The number of benzene rings is 3. The van der Waals surface area contributed by atoms with Gasteiger partial charge in [0, 0.05) is 31.2 Å². The first-order chi connectivity index (χ1) is 19.6. The summed E-state index contributed by atoms with van der Waals surface area (Å²) < 4.78 is 51.4. The van der Waals surface area contributed by atoms with Crippen LogP contribution in [0.2, 0.25) is 5.02 Å². The van der Waals surface area contributed by atoms with E-state index in [1.165, 1.54) is 45.6 Å². The highest BCUT2D eigenvalue weighted by molar-refractivity contribution is 7.89. The number of hydrogen-bond acceptors (Lipinski definition) is 6. The predicted octanol–water partition coefficient (Wildman–Crippen LogP) is 3.61. The summed E-state index contributed by atoms with van der Waals surface area (Å²) in [6.07, 6.45) is 0. The fourth-order valence-electron chi connectivity index (χ4n) is 4.21. The number of rotatable bonds is 11. The number of ether oxygens (including phenoxy) is 2. The minimum Gasteiger partial charge on any atom is -0.484 e. The molecule has 218 valence electrons. The zero-order valence-corrected chi connectivity index (χ0v) is 24.0. The van der Waals surface area contributed by atoms with Gasteiger partial charge in [0.1, 0.15) is 17.6 Å². The summed E-state index contributed by atoms with van der Waals surface area (Å²) in [5.41, 5.74) is 1.36. The van der Waals surface area contributed by atoms with Gasteiger partial charge in [-0.3, -0.25) is 9.59 Å². The van der Waals surface area contributed by atoms with Gasteiger partial charge in [0.15, 0.2) is 6.61 Å². The van der Waals surface area contributed by atoms with Crippen LogP contribution in [0.15, 0.2) is 77.7 Å². The number of hydrogen-bond donors (Lipinski definition) is 1. The molecule has 2 amide bonds. The minimum absolute atomic E-state index is 0.0416. The van der Waals surface area contributed by atoms with Crippen LogP contribution in [0.3, 0.4) is 0 Å². The second kappa shape index (κ2) is 13.9. The molecule has 1 aliphatic rings. The first kappa shape index (κ1) is 30.4. The number of halogens is 2. The lowest BCUT2D eigenvalue weighted by molar-refractivity contribution is -0.142. The third kappa shape index (κ3) is 8.04. The molecule has 0 radical (unpaired) electrons. The van der Waals surface area contributed by atoms with Crippen molar-refractivity contribution in [2.24, 2.45) is 0 Å². The number of amides is 2. The smallest absolute Gasteiger partial charge is 0.261 e. The zero-order chi connectivity index (χ0) is 29.4. The van der Waals surface area contributed by atoms with Gasteiger partial charge in [-0.15, -0.1) is 0 Å². The Hall–Kier alpha value is -3.51. The zero-order valence-electron chi connectivity index (χ0n) is 22.5. The fourth-order valence-corrected chi connectivity index (χ4v) is 5.82. The van der Waals surface area contributed by atoms with Gasteiger partial charge in [0.2, 0.25) is 15.9 Å². The molecule has 3 aromatic rings. The summed E-state index contributed by atoms with van der Waals surface area (Å²) in [6, 6.07) is 17.7. The van der Waals surface area contributed by atoms with E-state index in [1.807, 2.05) is 6.07 Å². The maximum absolute atomic E-state index is 13.5. The van der Waals surface area contributed by atoms with E-state index in [4.69, 9.17) is 21.1 Å². The van der Waals surface area contributed by atoms with E-state index in [9.17, 15) is 22.4 Å². The van der Waals surface area contributed by atoms with Gasteiger partial charge in [-0.25, -0.2) is 12.8 Å². The summed E-state index contributed by atoms with van der Waals surface area (Å²) in [5.74, 6) is -1.02. The summed E-state index contributed by atoms with van der Waals surface area (Å²) in [6.45, 7) is 2.65. The summed E-state index contributed by atoms with van der Waals surface area (Å²) in [5, 5.41) is 3.32. The largest absolute Gasteiger partial charge is 0.484 e. The maximum atomic E-state index is 13.5. The number of carbonyl (C=O) groups excluding carboxylic acids is 2. The Labute approximate surface area is 243 Å². The minimum atomic E-state index is -3.67. The third-order valence-corrected chi connectivity index (χ3v) is 8.92. The molecular weight excluding hydrogens is 573 g/mol. The van der Waals surface area contributed by atoms with E-state index in [2.05, 4.69) is 5.32 Å². The van der Waals surface area contributed by atoms with Crippen LogP contribution in [0, 0.1) is 5.82 Å². The monoisotopic (exact) mass is 603 g/mol. The third-order valence-electron chi connectivity index (χ3n) is 6.64. The van der Waals surface area contributed by atoms with Crippen LogP contribution < -0.4 is 10.1 Å². The van der Waals surface area contributed by atoms with Gasteiger partial charge in [-0.2, -0.15) is 4.31 Å². The molecule has 4 rings (SSSR count). The molecule has 1 unspecified atom stereocenters. The number of nitrogens with zero attached hydrogens (tertiary/aromatic N) is 2. The SMILES string of the molecule is CC(C(=O)NCc1ccccc1Cl)N(Cc1ccc(F)cc1)C(=O)COc1ccc(S(=O)(=O)N2CCOCC2)cc1. The molecule has 1 atom stereocenters. The van der Waals surface area contributed by atoms with Crippen LogP contribution in [0.5, 0.6) is 5.75 Å². The second-order valence-electron chi connectivity index (χ2n) is 9.41. The van der Waals surface area contributed by atoms with E-state index in [-0.39, 0.29) is 36.8 Å². The molecule has 1 N–H and O–H groups in total. The van der Waals surface area contributed by atoms with Crippen LogP contribution in [0.4, 0.5) is 4.39 Å². The highest BCUT2D eigenvalue weighted by Gasteiger charge is 2.28. The summed E-state index contributed by atoms with van der Waals surface area (Å²) in [4.78, 5) is 27.8. The highest BCUT2D eigenvalue weighted by Crippen LogP contribution is 2.21.